The minimum Gasteiger partial charge on any atom is -0.423 e. The number of hydrogen-bond acceptors (Lipinski definition) is 6. The monoisotopic (exact) mass is 496 g/mol. The average Bonchev–Trinajstić information content (AvgIpc) is 2.72. The Balaban J connectivity index is 1.81. The molecule has 0 aliphatic heterocycles. The van der Waals surface area contributed by atoms with Crippen molar-refractivity contribution in [3.63, 3.8) is 0 Å². The maximum Gasteiger partial charge on any atom is 0.336 e. The van der Waals surface area contributed by atoms with Crippen molar-refractivity contribution < 1.29 is 28.7 Å². The van der Waals surface area contributed by atoms with Gasteiger partial charge >= 0.3 is 24.0 Å². The lowest BCUT2D eigenvalue weighted by Gasteiger charge is -2.20. The molecule has 0 aliphatic carbocycles. The number of anilines is 2. The Kier molecular flexibility index (Phi) is 9.20. The van der Waals surface area contributed by atoms with Crippen LogP contribution >= 0.6 is 0 Å². The third kappa shape index (κ3) is 11.2. The number of esters is 2. The van der Waals surface area contributed by atoms with Gasteiger partial charge in [0.25, 0.3) is 0 Å². The fraction of sp³-hybridized carbons (Fsp3) is 0.308. The smallest absolute Gasteiger partial charge is 0.336 e. The Hall–Kier alpha value is -4.34. The van der Waals surface area contributed by atoms with E-state index in [1.807, 2.05) is 41.5 Å². The fourth-order valence-electron chi connectivity index (χ4n) is 2.65. The van der Waals surface area contributed by atoms with Crippen LogP contribution in [0.4, 0.5) is 21.0 Å². The lowest BCUT2D eigenvalue weighted by molar-refractivity contribution is -0.131. The number of benzene rings is 2. The number of rotatable bonds is 6. The van der Waals surface area contributed by atoms with Crippen molar-refractivity contribution in [1.29, 1.82) is 0 Å². The normalized spacial score (nSPS) is 11.4. The van der Waals surface area contributed by atoms with Gasteiger partial charge in [0.2, 0.25) is 0 Å². The lowest BCUT2D eigenvalue weighted by Crippen LogP contribution is -2.43. The molecule has 0 saturated heterocycles. The van der Waals surface area contributed by atoms with Crippen molar-refractivity contribution in [1.82, 2.24) is 10.6 Å². The Morgan fingerprint density at radius 1 is 0.583 bits per heavy atom. The molecule has 0 radical (unpaired) electrons. The number of amides is 4. The topological polar surface area (TPSA) is 135 Å². The first kappa shape index (κ1) is 27.9. The molecule has 2 aromatic carbocycles. The van der Waals surface area contributed by atoms with Gasteiger partial charge in [0, 0.05) is 34.6 Å². The Labute approximate surface area is 210 Å². The van der Waals surface area contributed by atoms with Gasteiger partial charge in [-0.15, -0.1) is 0 Å². The van der Waals surface area contributed by atoms with Gasteiger partial charge in [-0.2, -0.15) is 0 Å². The van der Waals surface area contributed by atoms with Gasteiger partial charge in [-0.05, 0) is 90.1 Å². The number of urea groups is 2. The quantitative estimate of drug-likeness (QED) is 0.262. The molecule has 4 N–H and O–H groups in total. The number of carbonyl (C=O) groups is 4. The van der Waals surface area contributed by atoms with E-state index in [1.165, 1.54) is 24.3 Å². The molecule has 0 fully saturated rings. The van der Waals surface area contributed by atoms with Crippen LogP contribution < -0.4 is 30.7 Å². The van der Waals surface area contributed by atoms with Crippen LogP contribution in [-0.4, -0.2) is 35.1 Å². The second-order valence-corrected chi connectivity index (χ2v) is 9.88. The standard InChI is InChI=1S/C26H32N4O6/c1-25(2,3)29-23(33)27-17-7-11-19(12-8-17)35-21(31)15-16-22(32)36-20-13-9-18(10-14-20)28-24(34)30-26(4,5)6/h7-16H,1-6H3,(H2,27,29,33)(H2,28,30,34)/b16-15+. The molecule has 4 amide bonds. The molecule has 192 valence electrons. The zero-order valence-corrected chi connectivity index (χ0v) is 21.2. The number of hydrogen-bond donors (Lipinski definition) is 4. The van der Waals surface area contributed by atoms with Gasteiger partial charge in [0.15, 0.2) is 0 Å². The van der Waals surface area contributed by atoms with Crippen LogP contribution in [-0.2, 0) is 9.59 Å². The first-order valence-electron chi connectivity index (χ1n) is 11.2. The van der Waals surface area contributed by atoms with E-state index in [2.05, 4.69) is 21.3 Å². The molecule has 36 heavy (non-hydrogen) atoms. The van der Waals surface area contributed by atoms with Gasteiger partial charge in [-0.3, -0.25) is 0 Å². The first-order valence-corrected chi connectivity index (χ1v) is 11.2. The van der Waals surface area contributed by atoms with Crippen molar-refractivity contribution >= 4 is 35.4 Å². The molecule has 10 heteroatoms. The molecule has 0 atom stereocenters. The molecular formula is C26H32N4O6. The van der Waals surface area contributed by atoms with Gasteiger partial charge in [0.1, 0.15) is 11.5 Å². The third-order valence-electron chi connectivity index (χ3n) is 3.99. The second-order valence-electron chi connectivity index (χ2n) is 9.88. The van der Waals surface area contributed by atoms with Crippen molar-refractivity contribution in [3.8, 4) is 11.5 Å². The summed E-state index contributed by atoms with van der Waals surface area (Å²) in [4.78, 5) is 47.8. The van der Waals surface area contributed by atoms with Crippen LogP contribution in [0, 0.1) is 0 Å². The first-order chi connectivity index (χ1) is 16.7. The van der Waals surface area contributed by atoms with Crippen LogP contribution in [0.15, 0.2) is 60.7 Å². The largest absolute Gasteiger partial charge is 0.423 e. The molecule has 0 heterocycles. The SMILES string of the molecule is CC(C)(C)NC(=O)Nc1ccc(OC(=O)/C=C/C(=O)Oc2ccc(NC(=O)NC(C)(C)C)cc2)cc1. The average molecular weight is 497 g/mol. The summed E-state index contributed by atoms with van der Waals surface area (Å²) in [5.41, 5.74) is 0.286. The van der Waals surface area contributed by atoms with Gasteiger partial charge in [0.05, 0.1) is 0 Å². The highest BCUT2D eigenvalue weighted by Crippen LogP contribution is 2.17. The van der Waals surface area contributed by atoms with E-state index in [4.69, 9.17) is 9.47 Å². The highest BCUT2D eigenvalue weighted by molar-refractivity contribution is 5.94. The molecule has 0 unspecified atom stereocenters. The van der Waals surface area contributed by atoms with Crippen molar-refractivity contribution in [2.24, 2.45) is 0 Å². The van der Waals surface area contributed by atoms with E-state index >= 15 is 0 Å². The molecule has 0 bridgehead atoms. The molecule has 0 saturated carbocycles. The van der Waals surface area contributed by atoms with Crippen LogP contribution in [0.25, 0.3) is 0 Å². The summed E-state index contributed by atoms with van der Waals surface area (Å²) in [6, 6.07) is 11.6. The van der Waals surface area contributed by atoms with Crippen molar-refractivity contribution in [2.45, 2.75) is 52.6 Å². The highest BCUT2D eigenvalue weighted by Gasteiger charge is 2.14. The third-order valence-corrected chi connectivity index (χ3v) is 3.99. The second kappa shape index (κ2) is 11.9. The summed E-state index contributed by atoms with van der Waals surface area (Å²) in [7, 11) is 0. The molecule has 2 rings (SSSR count). The molecule has 2 aromatic rings. The van der Waals surface area contributed by atoms with Gasteiger partial charge in [-0.25, -0.2) is 19.2 Å². The minimum absolute atomic E-state index is 0.235. The van der Waals surface area contributed by atoms with Crippen LogP contribution in [0.1, 0.15) is 41.5 Å². The Morgan fingerprint density at radius 2 is 0.889 bits per heavy atom. The molecule has 0 spiro atoms. The molecule has 0 aromatic heterocycles. The maximum atomic E-state index is 12.0. The van der Waals surface area contributed by atoms with Crippen LogP contribution in [0.3, 0.4) is 0 Å². The van der Waals surface area contributed by atoms with Crippen LogP contribution in [0.5, 0.6) is 11.5 Å². The summed E-state index contributed by atoms with van der Waals surface area (Å²) >= 11 is 0. The zero-order valence-electron chi connectivity index (χ0n) is 21.2. The minimum atomic E-state index is -0.775. The van der Waals surface area contributed by atoms with E-state index in [-0.39, 0.29) is 34.6 Å². The number of nitrogens with one attached hydrogen (secondary N) is 4. The van der Waals surface area contributed by atoms with Crippen molar-refractivity contribution in [3.05, 3.63) is 60.7 Å². The summed E-state index contributed by atoms with van der Waals surface area (Å²) in [6.07, 6.45) is 1.88. The maximum absolute atomic E-state index is 12.0. The van der Waals surface area contributed by atoms with Gasteiger partial charge < -0.3 is 30.7 Å². The summed E-state index contributed by atoms with van der Waals surface area (Å²) in [5, 5.41) is 10.9. The Bertz CT molecular complexity index is 1020. The van der Waals surface area contributed by atoms with Crippen LogP contribution in [0.2, 0.25) is 0 Å². The van der Waals surface area contributed by atoms with Crippen molar-refractivity contribution in [2.75, 3.05) is 10.6 Å². The molecule has 0 aliphatic rings. The van der Waals surface area contributed by atoms with E-state index < -0.39 is 11.9 Å². The molecule has 10 nitrogen and oxygen atoms in total. The van der Waals surface area contributed by atoms with E-state index in [0.717, 1.165) is 12.2 Å². The Morgan fingerprint density at radius 3 is 1.17 bits per heavy atom. The summed E-state index contributed by atoms with van der Waals surface area (Å²) in [6.45, 7) is 11.2. The zero-order chi connectivity index (χ0) is 26.9. The van der Waals surface area contributed by atoms with Gasteiger partial charge in [-0.1, -0.05) is 0 Å². The van der Waals surface area contributed by atoms with E-state index in [0.29, 0.717) is 11.4 Å². The van der Waals surface area contributed by atoms with E-state index in [1.54, 1.807) is 24.3 Å². The predicted octanol–water partition coefficient (Wildman–Crippen LogP) is 4.59. The summed E-state index contributed by atoms with van der Waals surface area (Å²) < 4.78 is 10.3. The number of ether oxygens (including phenoxy) is 2. The lowest BCUT2D eigenvalue weighted by atomic mass is 10.1. The fourth-order valence-corrected chi connectivity index (χ4v) is 2.65. The summed E-state index contributed by atoms with van der Waals surface area (Å²) in [5.74, 6) is -1.08. The number of carbonyl (C=O) groups excluding carboxylic acids is 4. The predicted molar refractivity (Wildman–Crippen MR) is 137 cm³/mol. The van der Waals surface area contributed by atoms with E-state index in [9.17, 15) is 19.2 Å². The molecular weight excluding hydrogens is 464 g/mol. The highest BCUT2D eigenvalue weighted by atomic mass is 16.5.